The Morgan fingerprint density at radius 2 is 1.89 bits per heavy atom. The predicted molar refractivity (Wildman–Crippen MR) is 89.4 cm³/mol. The van der Waals surface area contributed by atoms with Gasteiger partial charge >= 0.3 is 17.8 Å². The maximum atomic E-state index is 13.0. The van der Waals surface area contributed by atoms with E-state index in [1.807, 2.05) is 0 Å². The van der Waals surface area contributed by atoms with Gasteiger partial charge in [0, 0.05) is 22.6 Å². The molecule has 0 atom stereocenters. The third-order valence-electron chi connectivity index (χ3n) is 4.03. The van der Waals surface area contributed by atoms with Crippen molar-refractivity contribution in [1.82, 2.24) is 0 Å². The number of esters is 1. The van der Waals surface area contributed by atoms with Gasteiger partial charge in [-0.3, -0.25) is 0 Å². The van der Waals surface area contributed by atoms with Crippen LogP contribution in [0, 0.1) is 6.92 Å². The molecule has 8 heteroatoms. The largest absolute Gasteiger partial charge is 0.508 e. The number of aromatic hydroxyl groups is 1. The standard InChI is InChI=1S/C19H13F3O5/c1-10-15(23)7-6-12-11(8-16(24)27-17(10)12)9-26-18(25)13-4-2-3-5-14(13)19(20,21)22/h2-8,23H,9H2,1H3. The van der Waals surface area contributed by atoms with Crippen LogP contribution < -0.4 is 5.63 Å². The van der Waals surface area contributed by atoms with Crippen LogP contribution in [0.2, 0.25) is 0 Å². The van der Waals surface area contributed by atoms with Gasteiger partial charge in [0.1, 0.15) is 17.9 Å². The number of alkyl halides is 3. The lowest BCUT2D eigenvalue weighted by atomic mass is 10.1. The van der Waals surface area contributed by atoms with Gasteiger partial charge in [-0.1, -0.05) is 12.1 Å². The lowest BCUT2D eigenvalue weighted by Gasteiger charge is -2.13. The molecule has 0 saturated carbocycles. The van der Waals surface area contributed by atoms with Gasteiger partial charge in [0.15, 0.2) is 0 Å². The molecule has 0 aliphatic carbocycles. The zero-order valence-electron chi connectivity index (χ0n) is 14.0. The molecule has 0 aliphatic rings. The van der Waals surface area contributed by atoms with Crippen LogP contribution >= 0.6 is 0 Å². The second kappa shape index (κ2) is 6.79. The van der Waals surface area contributed by atoms with E-state index in [1.54, 1.807) is 0 Å². The summed E-state index contributed by atoms with van der Waals surface area (Å²) in [5.74, 6) is -1.25. The SMILES string of the molecule is Cc1c(O)ccc2c(COC(=O)c3ccccc3C(F)(F)F)cc(=O)oc12. The van der Waals surface area contributed by atoms with Crippen molar-refractivity contribution >= 4 is 16.9 Å². The first-order chi connectivity index (χ1) is 12.7. The van der Waals surface area contributed by atoms with Crippen molar-refractivity contribution in [2.45, 2.75) is 19.7 Å². The lowest BCUT2D eigenvalue weighted by Crippen LogP contribution is -2.15. The highest BCUT2D eigenvalue weighted by Crippen LogP contribution is 2.32. The average molecular weight is 378 g/mol. The molecule has 0 fully saturated rings. The van der Waals surface area contributed by atoms with Gasteiger partial charge in [0.2, 0.25) is 0 Å². The summed E-state index contributed by atoms with van der Waals surface area (Å²) >= 11 is 0. The Balaban J connectivity index is 1.94. The van der Waals surface area contributed by atoms with Crippen molar-refractivity contribution < 1.29 is 32.2 Å². The Labute approximate surface area is 150 Å². The van der Waals surface area contributed by atoms with Crippen LogP contribution in [0.4, 0.5) is 13.2 Å². The van der Waals surface area contributed by atoms with Gasteiger partial charge in [0.25, 0.3) is 0 Å². The normalized spacial score (nSPS) is 11.6. The zero-order valence-corrected chi connectivity index (χ0v) is 14.0. The fourth-order valence-corrected chi connectivity index (χ4v) is 2.66. The topological polar surface area (TPSA) is 76.7 Å². The van der Waals surface area contributed by atoms with Gasteiger partial charge in [-0.2, -0.15) is 13.2 Å². The van der Waals surface area contributed by atoms with Gasteiger partial charge < -0.3 is 14.3 Å². The molecule has 1 N–H and O–H groups in total. The number of phenolic OH excluding ortho intramolecular Hbond substituents is 1. The number of phenols is 1. The summed E-state index contributed by atoms with van der Waals surface area (Å²) in [6.45, 7) is 1.10. The van der Waals surface area contributed by atoms with Crippen LogP contribution in [0.3, 0.4) is 0 Å². The molecule has 0 spiro atoms. The monoisotopic (exact) mass is 378 g/mol. The Morgan fingerprint density at radius 1 is 1.19 bits per heavy atom. The quantitative estimate of drug-likeness (QED) is 0.546. The summed E-state index contributed by atoms with van der Waals surface area (Å²) < 4.78 is 49.2. The molecule has 5 nitrogen and oxygen atoms in total. The molecule has 3 aromatic rings. The van der Waals surface area contributed by atoms with Crippen molar-refractivity contribution in [3.05, 3.63) is 75.1 Å². The molecule has 0 amide bonds. The number of carbonyl (C=O) groups is 1. The first-order valence-corrected chi connectivity index (χ1v) is 7.77. The zero-order chi connectivity index (χ0) is 19.8. The van der Waals surface area contributed by atoms with Gasteiger partial charge in [0.05, 0.1) is 11.1 Å². The van der Waals surface area contributed by atoms with Crippen LogP contribution in [0.5, 0.6) is 5.75 Å². The van der Waals surface area contributed by atoms with Crippen molar-refractivity contribution in [1.29, 1.82) is 0 Å². The molecule has 1 aromatic heterocycles. The fraction of sp³-hybridized carbons (Fsp3) is 0.158. The molecule has 0 bridgehead atoms. The van der Waals surface area contributed by atoms with Gasteiger partial charge in [-0.05, 0) is 31.2 Å². The minimum atomic E-state index is -4.70. The van der Waals surface area contributed by atoms with E-state index in [-0.39, 0.29) is 16.9 Å². The summed E-state index contributed by atoms with van der Waals surface area (Å²) in [5, 5.41) is 10.1. The third kappa shape index (κ3) is 3.64. The Morgan fingerprint density at radius 3 is 2.59 bits per heavy atom. The van der Waals surface area contributed by atoms with Gasteiger partial charge in [-0.25, -0.2) is 9.59 Å². The van der Waals surface area contributed by atoms with E-state index in [1.165, 1.54) is 31.2 Å². The number of carbonyl (C=O) groups excluding carboxylic acids is 1. The third-order valence-corrected chi connectivity index (χ3v) is 4.03. The molecule has 0 radical (unpaired) electrons. The van der Waals surface area contributed by atoms with Crippen molar-refractivity contribution in [3.63, 3.8) is 0 Å². The second-order valence-electron chi connectivity index (χ2n) is 5.80. The lowest BCUT2D eigenvalue weighted by molar-refractivity contribution is -0.138. The fourth-order valence-electron chi connectivity index (χ4n) is 2.66. The molecule has 0 unspecified atom stereocenters. The highest BCUT2D eigenvalue weighted by atomic mass is 19.4. The summed E-state index contributed by atoms with van der Waals surface area (Å²) in [5.41, 5.74) is -1.77. The number of fused-ring (bicyclic) bond motifs is 1. The molecule has 1 heterocycles. The van der Waals surface area contributed by atoms with Crippen molar-refractivity contribution in [2.75, 3.05) is 0 Å². The molecule has 2 aromatic carbocycles. The van der Waals surface area contributed by atoms with Crippen molar-refractivity contribution in [3.8, 4) is 5.75 Å². The number of aryl methyl sites for hydroxylation is 1. The van der Waals surface area contributed by atoms with E-state index in [4.69, 9.17) is 9.15 Å². The number of rotatable bonds is 3. The summed E-state index contributed by atoms with van der Waals surface area (Å²) in [7, 11) is 0. The number of halogens is 3. The van der Waals surface area contributed by atoms with Crippen LogP contribution in [-0.4, -0.2) is 11.1 Å². The van der Waals surface area contributed by atoms with Crippen LogP contribution in [-0.2, 0) is 17.5 Å². The van der Waals surface area contributed by atoms with Crippen molar-refractivity contribution in [2.24, 2.45) is 0 Å². The minimum absolute atomic E-state index is 0.0844. The summed E-state index contributed by atoms with van der Waals surface area (Å²) in [4.78, 5) is 23.9. The highest BCUT2D eigenvalue weighted by molar-refractivity contribution is 5.91. The van der Waals surface area contributed by atoms with E-state index < -0.39 is 35.5 Å². The van der Waals surface area contributed by atoms with Gasteiger partial charge in [-0.15, -0.1) is 0 Å². The molecule has 27 heavy (non-hydrogen) atoms. The van der Waals surface area contributed by atoms with E-state index in [9.17, 15) is 27.9 Å². The maximum Gasteiger partial charge on any atom is 0.417 e. The predicted octanol–water partition coefficient (Wildman–Crippen LogP) is 4.18. The Bertz CT molecular complexity index is 1080. The molecule has 140 valence electrons. The van der Waals surface area contributed by atoms with E-state index in [0.717, 1.165) is 18.2 Å². The molecule has 3 rings (SSSR count). The number of benzene rings is 2. The Kier molecular flexibility index (Phi) is 4.65. The minimum Gasteiger partial charge on any atom is -0.508 e. The number of hydrogen-bond donors (Lipinski definition) is 1. The van der Waals surface area contributed by atoms with E-state index in [0.29, 0.717) is 10.9 Å². The molecule has 0 aliphatic heterocycles. The second-order valence-corrected chi connectivity index (χ2v) is 5.80. The van der Waals surface area contributed by atoms with Crippen LogP contribution in [0.1, 0.15) is 27.0 Å². The van der Waals surface area contributed by atoms with E-state index in [2.05, 4.69) is 0 Å². The number of hydrogen-bond acceptors (Lipinski definition) is 5. The first-order valence-electron chi connectivity index (χ1n) is 7.77. The summed E-state index contributed by atoms with van der Waals surface area (Å²) in [6.07, 6.45) is -4.70. The number of ether oxygens (including phenoxy) is 1. The van der Waals surface area contributed by atoms with Crippen LogP contribution in [0.15, 0.2) is 51.7 Å². The molecule has 0 saturated heterocycles. The molecular formula is C19H13F3O5. The van der Waals surface area contributed by atoms with E-state index >= 15 is 0 Å². The first kappa shape index (κ1) is 18.5. The highest BCUT2D eigenvalue weighted by Gasteiger charge is 2.35. The molecular weight excluding hydrogens is 365 g/mol. The Hall–Kier alpha value is -3.29. The van der Waals surface area contributed by atoms with Crippen LogP contribution in [0.25, 0.3) is 11.0 Å². The smallest absolute Gasteiger partial charge is 0.417 e. The maximum absolute atomic E-state index is 13.0. The average Bonchev–Trinajstić information content (AvgIpc) is 2.62. The summed E-state index contributed by atoms with van der Waals surface area (Å²) in [6, 6.07) is 8.20.